The van der Waals surface area contributed by atoms with Crippen molar-refractivity contribution >= 4 is 11.0 Å². The molecule has 1 saturated heterocycles. The first kappa shape index (κ1) is 25.4. The van der Waals surface area contributed by atoms with E-state index in [0.717, 1.165) is 0 Å². The maximum atomic E-state index is 13.3. The fraction of sp³-hybridized carbons (Fsp3) is 0.375. The first-order valence-corrected chi connectivity index (χ1v) is 10.8. The number of phenols is 2. The third-order valence-corrected chi connectivity index (χ3v) is 5.94. The van der Waals surface area contributed by atoms with Crippen LogP contribution in [0, 0.1) is 0 Å². The number of aliphatic hydroxyl groups is 3. The summed E-state index contributed by atoms with van der Waals surface area (Å²) in [5.41, 5.74) is -0.519. The molecule has 1 aromatic heterocycles. The van der Waals surface area contributed by atoms with Crippen LogP contribution in [0.4, 0.5) is 0 Å². The van der Waals surface area contributed by atoms with Crippen molar-refractivity contribution in [3.8, 4) is 45.8 Å². The van der Waals surface area contributed by atoms with Crippen LogP contribution in [0.25, 0.3) is 22.3 Å². The van der Waals surface area contributed by atoms with Crippen LogP contribution in [0.5, 0.6) is 34.5 Å². The summed E-state index contributed by atoms with van der Waals surface area (Å²) in [4.78, 5) is 13.3. The molecule has 3 aromatic rings. The van der Waals surface area contributed by atoms with E-state index >= 15 is 0 Å². The molecule has 5 unspecified atom stereocenters. The standard InChI is InChI=1S/C24H26O12/c1-9-16(26)19(29)20(30)24(34-9)36-14-8-13-15(17(27)22(14)32-3)18(28)23(33-4)21(35-13)10-5-6-11(25)12(7-10)31-2/h5-9,16,19-20,24-27,29-30H,1-4H3. The summed E-state index contributed by atoms with van der Waals surface area (Å²) in [5, 5.41) is 50.9. The molecule has 2 aromatic carbocycles. The fourth-order valence-electron chi connectivity index (χ4n) is 3.99. The molecule has 36 heavy (non-hydrogen) atoms. The lowest BCUT2D eigenvalue weighted by Gasteiger charge is -2.39. The number of aliphatic hydroxyl groups excluding tert-OH is 3. The number of hydrogen-bond donors (Lipinski definition) is 5. The minimum absolute atomic E-state index is 0.0232. The molecule has 1 aliphatic heterocycles. The second kappa shape index (κ2) is 9.74. The van der Waals surface area contributed by atoms with Crippen molar-refractivity contribution in [1.82, 2.24) is 0 Å². The van der Waals surface area contributed by atoms with E-state index in [1.807, 2.05) is 0 Å². The molecular weight excluding hydrogens is 480 g/mol. The average molecular weight is 506 g/mol. The van der Waals surface area contributed by atoms with E-state index in [9.17, 15) is 30.3 Å². The molecular formula is C24H26O12. The summed E-state index contributed by atoms with van der Waals surface area (Å²) < 4.78 is 32.7. The first-order chi connectivity index (χ1) is 17.1. The predicted octanol–water partition coefficient (Wildman–Crippen LogP) is 1.10. The molecule has 0 amide bonds. The van der Waals surface area contributed by atoms with E-state index < -0.39 is 41.9 Å². The molecule has 0 saturated carbocycles. The van der Waals surface area contributed by atoms with Crippen molar-refractivity contribution < 1.29 is 53.6 Å². The zero-order valence-corrected chi connectivity index (χ0v) is 19.8. The van der Waals surface area contributed by atoms with Crippen LogP contribution in [0.15, 0.2) is 33.5 Å². The van der Waals surface area contributed by atoms with E-state index in [4.69, 9.17) is 28.1 Å². The van der Waals surface area contributed by atoms with Gasteiger partial charge in [0.2, 0.25) is 23.2 Å². The van der Waals surface area contributed by atoms with Gasteiger partial charge < -0.3 is 53.6 Å². The molecule has 0 aliphatic carbocycles. The van der Waals surface area contributed by atoms with Gasteiger partial charge in [-0.15, -0.1) is 0 Å². The molecule has 12 nitrogen and oxygen atoms in total. The van der Waals surface area contributed by atoms with Gasteiger partial charge in [-0.1, -0.05) is 0 Å². The number of fused-ring (bicyclic) bond motifs is 1. The minimum atomic E-state index is -1.64. The number of hydrogen-bond acceptors (Lipinski definition) is 12. The van der Waals surface area contributed by atoms with Crippen molar-refractivity contribution in [2.24, 2.45) is 0 Å². The first-order valence-electron chi connectivity index (χ1n) is 10.8. The SMILES string of the molecule is COc1cc(-c2oc3cc(OC4OC(C)C(O)C(O)C4O)c(OC)c(O)c3c(=O)c2OC)ccc1O. The topological polar surface area (TPSA) is 178 Å². The normalized spacial score (nSPS) is 23.9. The second-order valence-electron chi connectivity index (χ2n) is 8.11. The van der Waals surface area contributed by atoms with Gasteiger partial charge in [0.25, 0.3) is 0 Å². The van der Waals surface area contributed by atoms with Crippen LogP contribution >= 0.6 is 0 Å². The van der Waals surface area contributed by atoms with Gasteiger partial charge in [-0.25, -0.2) is 0 Å². The highest BCUT2D eigenvalue weighted by Gasteiger charge is 2.43. The predicted molar refractivity (Wildman–Crippen MR) is 124 cm³/mol. The summed E-state index contributed by atoms with van der Waals surface area (Å²) in [6.45, 7) is 1.48. The molecule has 1 aliphatic rings. The number of ether oxygens (including phenoxy) is 5. The Labute approximate surface area is 204 Å². The zero-order valence-electron chi connectivity index (χ0n) is 19.8. The Morgan fingerprint density at radius 2 is 1.56 bits per heavy atom. The third-order valence-electron chi connectivity index (χ3n) is 5.94. The highest BCUT2D eigenvalue weighted by atomic mass is 16.7. The summed E-state index contributed by atoms with van der Waals surface area (Å²) >= 11 is 0. The van der Waals surface area contributed by atoms with Crippen molar-refractivity contribution in [2.75, 3.05) is 21.3 Å². The second-order valence-corrected chi connectivity index (χ2v) is 8.11. The monoisotopic (exact) mass is 506 g/mol. The Bertz CT molecular complexity index is 1330. The molecule has 194 valence electrons. The van der Waals surface area contributed by atoms with Crippen molar-refractivity contribution in [3.05, 3.63) is 34.5 Å². The maximum absolute atomic E-state index is 13.3. The van der Waals surface area contributed by atoms with Crippen LogP contribution in [0.3, 0.4) is 0 Å². The number of benzene rings is 2. The summed E-state index contributed by atoms with van der Waals surface area (Å²) in [6, 6.07) is 5.50. The molecule has 4 rings (SSSR count). The van der Waals surface area contributed by atoms with Gasteiger partial charge in [-0.3, -0.25) is 4.79 Å². The molecule has 5 N–H and O–H groups in total. The minimum Gasteiger partial charge on any atom is -0.504 e. The van der Waals surface area contributed by atoms with Crippen LogP contribution in [0.2, 0.25) is 0 Å². The Morgan fingerprint density at radius 3 is 2.19 bits per heavy atom. The van der Waals surface area contributed by atoms with Crippen molar-refractivity contribution in [3.63, 3.8) is 0 Å². The number of methoxy groups -OCH3 is 3. The molecule has 0 bridgehead atoms. The van der Waals surface area contributed by atoms with Gasteiger partial charge in [0.1, 0.15) is 29.3 Å². The lowest BCUT2D eigenvalue weighted by atomic mass is 10.00. The van der Waals surface area contributed by atoms with Gasteiger partial charge in [-0.2, -0.15) is 0 Å². The molecule has 1 fully saturated rings. The van der Waals surface area contributed by atoms with E-state index in [-0.39, 0.29) is 45.5 Å². The van der Waals surface area contributed by atoms with Crippen LogP contribution in [-0.4, -0.2) is 77.6 Å². The van der Waals surface area contributed by atoms with Crippen molar-refractivity contribution in [2.45, 2.75) is 37.6 Å². The Balaban J connectivity index is 1.89. The van der Waals surface area contributed by atoms with Crippen LogP contribution in [0.1, 0.15) is 6.92 Å². The number of rotatable bonds is 6. The molecule has 2 heterocycles. The van der Waals surface area contributed by atoms with Gasteiger partial charge in [0.05, 0.1) is 27.4 Å². The summed E-state index contributed by atoms with van der Waals surface area (Å²) in [6.07, 6.45) is -6.87. The van der Waals surface area contributed by atoms with Crippen LogP contribution in [-0.2, 0) is 4.74 Å². The van der Waals surface area contributed by atoms with Gasteiger partial charge in [0, 0.05) is 11.6 Å². The third kappa shape index (κ3) is 4.13. The van der Waals surface area contributed by atoms with E-state index in [1.165, 1.54) is 52.5 Å². The molecule has 12 heteroatoms. The summed E-state index contributed by atoms with van der Waals surface area (Å²) in [5.74, 6) is -1.31. The summed E-state index contributed by atoms with van der Waals surface area (Å²) in [7, 11) is 3.84. The Hall–Kier alpha value is -3.71. The Morgan fingerprint density at radius 1 is 0.861 bits per heavy atom. The van der Waals surface area contributed by atoms with E-state index in [0.29, 0.717) is 5.56 Å². The van der Waals surface area contributed by atoms with Gasteiger partial charge in [-0.05, 0) is 25.1 Å². The fourth-order valence-corrected chi connectivity index (χ4v) is 3.99. The lowest BCUT2D eigenvalue weighted by molar-refractivity contribution is -0.268. The largest absolute Gasteiger partial charge is 0.504 e. The quantitative estimate of drug-likeness (QED) is 0.322. The number of aromatic hydroxyl groups is 2. The Kier molecular flexibility index (Phi) is 6.87. The zero-order chi connectivity index (χ0) is 26.3. The number of phenolic OH excluding ortho intramolecular Hbond substituents is 2. The molecule has 5 atom stereocenters. The van der Waals surface area contributed by atoms with Gasteiger partial charge in [0.15, 0.2) is 28.8 Å². The van der Waals surface area contributed by atoms with E-state index in [2.05, 4.69) is 0 Å². The lowest BCUT2D eigenvalue weighted by Crippen LogP contribution is -2.58. The van der Waals surface area contributed by atoms with Crippen LogP contribution < -0.4 is 24.4 Å². The maximum Gasteiger partial charge on any atom is 0.239 e. The van der Waals surface area contributed by atoms with Crippen molar-refractivity contribution in [1.29, 1.82) is 0 Å². The molecule has 0 spiro atoms. The highest BCUT2D eigenvalue weighted by molar-refractivity contribution is 5.91. The smallest absolute Gasteiger partial charge is 0.239 e. The average Bonchev–Trinajstić information content (AvgIpc) is 2.86. The van der Waals surface area contributed by atoms with E-state index in [1.54, 1.807) is 0 Å². The van der Waals surface area contributed by atoms with Gasteiger partial charge >= 0.3 is 0 Å². The highest BCUT2D eigenvalue weighted by Crippen LogP contribution is 2.45. The molecule has 0 radical (unpaired) electrons.